The van der Waals surface area contributed by atoms with Crippen LogP contribution in [0.1, 0.15) is 47.5 Å². The van der Waals surface area contributed by atoms with E-state index in [1.54, 1.807) is 0 Å². The Hall–Kier alpha value is -0.0400. The normalized spacial score (nSPS) is 30.7. The molecule has 2 atom stereocenters. The lowest BCUT2D eigenvalue weighted by atomic mass is 9.89. The quantitative estimate of drug-likeness (QED) is 0.649. The summed E-state index contributed by atoms with van der Waals surface area (Å²) in [6, 6.07) is 1.56. The van der Waals surface area contributed by atoms with Crippen molar-refractivity contribution in [3.8, 4) is 0 Å². The fraction of sp³-hybridized carbons (Fsp3) is 1.00. The molecule has 1 fully saturated rings. The lowest BCUT2D eigenvalue weighted by Crippen LogP contribution is -2.41. The van der Waals surface area contributed by atoms with E-state index in [0.717, 1.165) is 23.9 Å². The molecule has 0 aromatic heterocycles. The maximum absolute atomic E-state index is 2.69. The van der Waals surface area contributed by atoms with E-state index in [0.29, 0.717) is 0 Å². The molecule has 1 aliphatic rings. The Labute approximate surface area is 83.5 Å². The molecule has 0 radical (unpaired) electrons. The van der Waals surface area contributed by atoms with Crippen molar-refractivity contribution in [1.82, 2.24) is 4.90 Å². The fourth-order valence-corrected chi connectivity index (χ4v) is 2.88. The molecule has 1 aliphatic heterocycles. The van der Waals surface area contributed by atoms with Gasteiger partial charge in [0.05, 0.1) is 0 Å². The van der Waals surface area contributed by atoms with Crippen molar-refractivity contribution in [1.29, 1.82) is 0 Å². The van der Waals surface area contributed by atoms with Crippen LogP contribution in [0.25, 0.3) is 0 Å². The van der Waals surface area contributed by atoms with Gasteiger partial charge < -0.3 is 0 Å². The third-order valence-electron chi connectivity index (χ3n) is 3.49. The zero-order chi connectivity index (χ0) is 10.0. The Morgan fingerprint density at radius 3 is 2.23 bits per heavy atom. The van der Waals surface area contributed by atoms with E-state index in [2.05, 4.69) is 39.5 Å². The molecule has 0 spiro atoms. The molecule has 13 heavy (non-hydrogen) atoms. The molecular weight excluding hydrogens is 158 g/mol. The van der Waals surface area contributed by atoms with E-state index in [4.69, 9.17) is 0 Å². The lowest BCUT2D eigenvalue weighted by Gasteiger charge is -2.34. The maximum Gasteiger partial charge on any atom is 0.0150 e. The molecule has 1 unspecified atom stereocenters. The number of nitrogens with zero attached hydrogens (tertiary/aromatic N) is 1. The summed E-state index contributed by atoms with van der Waals surface area (Å²) in [5.41, 5.74) is 0. The number of hydrogen-bond donors (Lipinski definition) is 0. The second kappa shape index (κ2) is 4.45. The average molecular weight is 183 g/mol. The van der Waals surface area contributed by atoms with Crippen LogP contribution in [-0.4, -0.2) is 23.5 Å². The van der Waals surface area contributed by atoms with Crippen molar-refractivity contribution in [2.75, 3.05) is 6.54 Å². The Balaban J connectivity index is 2.67. The SMILES string of the molecule is CC[C@H]1CCN(C(C)C)C1C(C)C. The third-order valence-corrected chi connectivity index (χ3v) is 3.49. The summed E-state index contributed by atoms with van der Waals surface area (Å²) in [6.07, 6.45) is 2.77. The molecule has 1 rings (SSSR count). The molecule has 0 aromatic rings. The Morgan fingerprint density at radius 2 is 1.85 bits per heavy atom. The van der Waals surface area contributed by atoms with E-state index in [1.165, 1.54) is 19.4 Å². The van der Waals surface area contributed by atoms with Crippen LogP contribution in [0.3, 0.4) is 0 Å². The highest BCUT2D eigenvalue weighted by molar-refractivity contribution is 4.89. The van der Waals surface area contributed by atoms with Crippen molar-refractivity contribution in [2.45, 2.75) is 59.5 Å². The van der Waals surface area contributed by atoms with Crippen molar-refractivity contribution in [3.63, 3.8) is 0 Å². The first-order valence-electron chi connectivity index (χ1n) is 5.83. The molecule has 1 nitrogen and oxygen atoms in total. The second-order valence-corrected chi connectivity index (χ2v) is 5.02. The first kappa shape index (κ1) is 11.0. The molecule has 0 N–H and O–H groups in total. The Morgan fingerprint density at radius 1 is 1.23 bits per heavy atom. The van der Waals surface area contributed by atoms with Gasteiger partial charge in [0.15, 0.2) is 0 Å². The second-order valence-electron chi connectivity index (χ2n) is 5.02. The summed E-state index contributed by atoms with van der Waals surface area (Å²) in [4.78, 5) is 2.69. The summed E-state index contributed by atoms with van der Waals surface area (Å²) in [5, 5.41) is 0. The highest BCUT2D eigenvalue weighted by atomic mass is 15.2. The molecule has 78 valence electrons. The van der Waals surface area contributed by atoms with Crippen LogP contribution in [0.5, 0.6) is 0 Å². The van der Waals surface area contributed by atoms with E-state index >= 15 is 0 Å². The smallest absolute Gasteiger partial charge is 0.0150 e. The molecule has 0 amide bonds. The van der Waals surface area contributed by atoms with Gasteiger partial charge in [-0.2, -0.15) is 0 Å². The molecule has 1 heteroatoms. The van der Waals surface area contributed by atoms with Crippen LogP contribution in [0.2, 0.25) is 0 Å². The van der Waals surface area contributed by atoms with Gasteiger partial charge in [0.2, 0.25) is 0 Å². The lowest BCUT2D eigenvalue weighted by molar-refractivity contribution is 0.139. The van der Waals surface area contributed by atoms with Gasteiger partial charge in [-0.1, -0.05) is 27.2 Å². The third kappa shape index (κ3) is 2.25. The predicted molar refractivity (Wildman–Crippen MR) is 58.9 cm³/mol. The molecule has 0 saturated carbocycles. The van der Waals surface area contributed by atoms with Gasteiger partial charge in [0.25, 0.3) is 0 Å². The first-order chi connectivity index (χ1) is 6.07. The van der Waals surface area contributed by atoms with Crippen LogP contribution < -0.4 is 0 Å². The summed E-state index contributed by atoms with van der Waals surface area (Å²) in [6.45, 7) is 13.0. The summed E-state index contributed by atoms with van der Waals surface area (Å²) < 4.78 is 0. The molecule has 0 aliphatic carbocycles. The van der Waals surface area contributed by atoms with E-state index in [-0.39, 0.29) is 0 Å². The molecular formula is C12H25N. The van der Waals surface area contributed by atoms with Crippen molar-refractivity contribution in [2.24, 2.45) is 11.8 Å². The van der Waals surface area contributed by atoms with Crippen molar-refractivity contribution in [3.05, 3.63) is 0 Å². The number of hydrogen-bond acceptors (Lipinski definition) is 1. The minimum Gasteiger partial charge on any atom is -0.297 e. The van der Waals surface area contributed by atoms with Crippen molar-refractivity contribution >= 4 is 0 Å². The highest BCUT2D eigenvalue weighted by Gasteiger charge is 2.35. The van der Waals surface area contributed by atoms with Crippen LogP contribution in [-0.2, 0) is 0 Å². The summed E-state index contributed by atoms with van der Waals surface area (Å²) >= 11 is 0. The Kier molecular flexibility index (Phi) is 3.78. The van der Waals surface area contributed by atoms with E-state index in [1.807, 2.05) is 0 Å². The highest BCUT2D eigenvalue weighted by Crippen LogP contribution is 2.33. The largest absolute Gasteiger partial charge is 0.297 e. The van der Waals surface area contributed by atoms with Gasteiger partial charge in [-0.05, 0) is 38.6 Å². The minimum atomic E-state index is 0.726. The molecule has 0 aromatic carbocycles. The average Bonchev–Trinajstić information content (AvgIpc) is 2.46. The maximum atomic E-state index is 2.69. The Bertz CT molecular complexity index is 151. The van der Waals surface area contributed by atoms with Crippen LogP contribution in [0.4, 0.5) is 0 Å². The minimum absolute atomic E-state index is 0.726. The first-order valence-corrected chi connectivity index (χ1v) is 5.83. The monoisotopic (exact) mass is 183 g/mol. The molecule has 1 heterocycles. The van der Waals surface area contributed by atoms with Gasteiger partial charge in [-0.25, -0.2) is 0 Å². The van der Waals surface area contributed by atoms with Crippen LogP contribution in [0, 0.1) is 11.8 Å². The number of rotatable bonds is 3. The standard InChI is InChI=1S/C12H25N/c1-6-11-7-8-13(10(4)5)12(11)9(2)3/h9-12H,6-8H2,1-5H3/t11-,12?/m0/s1. The number of likely N-dealkylation sites (tertiary alicyclic amines) is 1. The van der Waals surface area contributed by atoms with E-state index < -0.39 is 0 Å². The van der Waals surface area contributed by atoms with Crippen LogP contribution >= 0.6 is 0 Å². The van der Waals surface area contributed by atoms with E-state index in [9.17, 15) is 0 Å². The topological polar surface area (TPSA) is 3.24 Å². The zero-order valence-corrected chi connectivity index (χ0v) is 9.88. The summed E-state index contributed by atoms with van der Waals surface area (Å²) in [7, 11) is 0. The van der Waals surface area contributed by atoms with Crippen molar-refractivity contribution < 1.29 is 0 Å². The zero-order valence-electron chi connectivity index (χ0n) is 9.88. The van der Waals surface area contributed by atoms with Gasteiger partial charge in [0.1, 0.15) is 0 Å². The predicted octanol–water partition coefficient (Wildman–Crippen LogP) is 3.15. The van der Waals surface area contributed by atoms with Gasteiger partial charge in [-0.15, -0.1) is 0 Å². The van der Waals surface area contributed by atoms with Gasteiger partial charge in [-0.3, -0.25) is 4.90 Å². The van der Waals surface area contributed by atoms with Gasteiger partial charge in [0, 0.05) is 12.1 Å². The summed E-state index contributed by atoms with van der Waals surface area (Å²) in [5.74, 6) is 1.76. The fourth-order valence-electron chi connectivity index (χ4n) is 2.88. The molecule has 1 saturated heterocycles. The van der Waals surface area contributed by atoms with Crippen LogP contribution in [0.15, 0.2) is 0 Å². The molecule has 0 bridgehead atoms. The van der Waals surface area contributed by atoms with Gasteiger partial charge >= 0.3 is 0 Å².